The summed E-state index contributed by atoms with van der Waals surface area (Å²) in [5.41, 5.74) is 1.63. The molecule has 1 aliphatic heterocycles. The number of rotatable bonds is 4. The second-order valence-electron chi connectivity index (χ2n) is 6.61. The Morgan fingerprint density at radius 1 is 1.35 bits per heavy atom. The van der Waals surface area contributed by atoms with Gasteiger partial charge in [-0.05, 0) is 6.07 Å². The molecule has 1 fully saturated rings. The quantitative estimate of drug-likeness (QED) is 0.543. The van der Waals surface area contributed by atoms with Gasteiger partial charge in [-0.1, -0.05) is 18.2 Å². The number of aliphatic hydroxyl groups is 2. The van der Waals surface area contributed by atoms with Crippen molar-refractivity contribution in [3.63, 3.8) is 0 Å². The van der Waals surface area contributed by atoms with E-state index in [9.17, 15) is 10.2 Å². The van der Waals surface area contributed by atoms with E-state index in [1.165, 1.54) is 6.33 Å². The summed E-state index contributed by atoms with van der Waals surface area (Å²) >= 11 is 0. The Kier molecular flexibility index (Phi) is 4.31. The highest BCUT2D eigenvalue weighted by molar-refractivity contribution is 6.11. The van der Waals surface area contributed by atoms with Crippen LogP contribution in [0.25, 0.3) is 21.9 Å². The van der Waals surface area contributed by atoms with Gasteiger partial charge < -0.3 is 19.8 Å². The number of para-hydroxylation sites is 1. The van der Waals surface area contributed by atoms with E-state index in [1.54, 1.807) is 6.34 Å². The van der Waals surface area contributed by atoms with Gasteiger partial charge in [-0.3, -0.25) is 4.57 Å². The zero-order valence-corrected chi connectivity index (χ0v) is 14.6. The van der Waals surface area contributed by atoms with E-state index in [0.717, 1.165) is 16.3 Å². The Bertz CT molecular complexity index is 968. The van der Waals surface area contributed by atoms with Crippen molar-refractivity contribution in [2.24, 2.45) is 4.99 Å². The lowest BCUT2D eigenvalue weighted by atomic mass is 10.2. The van der Waals surface area contributed by atoms with Gasteiger partial charge in [-0.2, -0.15) is 0 Å². The Morgan fingerprint density at radius 2 is 2.15 bits per heavy atom. The summed E-state index contributed by atoms with van der Waals surface area (Å²) in [6.07, 6.45) is 1.85. The normalized spacial score (nSPS) is 23.5. The molecular weight excluding hydrogens is 334 g/mol. The average Bonchev–Trinajstić information content (AvgIpc) is 3.17. The van der Waals surface area contributed by atoms with E-state index in [2.05, 4.69) is 15.0 Å². The fraction of sp³-hybridized carbons (Fsp3) is 0.389. The van der Waals surface area contributed by atoms with Crippen LogP contribution in [0.4, 0.5) is 5.82 Å². The zero-order valence-electron chi connectivity index (χ0n) is 14.6. The number of hydrogen-bond acceptors (Lipinski definition) is 6. The van der Waals surface area contributed by atoms with Crippen LogP contribution >= 0.6 is 0 Å². The summed E-state index contributed by atoms with van der Waals surface area (Å²) < 4.78 is 7.84. The number of nitrogens with zero attached hydrogens (tertiary/aromatic N) is 5. The maximum absolute atomic E-state index is 10.1. The van der Waals surface area contributed by atoms with E-state index in [4.69, 9.17) is 4.74 Å². The van der Waals surface area contributed by atoms with Crippen molar-refractivity contribution < 1.29 is 14.9 Å². The van der Waals surface area contributed by atoms with Crippen LogP contribution in [0, 0.1) is 0 Å². The number of hydrogen-bond donors (Lipinski definition) is 2. The van der Waals surface area contributed by atoms with Crippen LogP contribution in [0.2, 0.25) is 0 Å². The summed E-state index contributed by atoms with van der Waals surface area (Å²) in [5, 5.41) is 21.4. The van der Waals surface area contributed by atoms with Gasteiger partial charge in [-0.15, -0.1) is 0 Å². The van der Waals surface area contributed by atoms with Crippen molar-refractivity contribution in [3.05, 3.63) is 30.6 Å². The van der Waals surface area contributed by atoms with E-state index in [-0.39, 0.29) is 6.61 Å². The van der Waals surface area contributed by atoms with Crippen molar-refractivity contribution >= 4 is 34.1 Å². The summed E-state index contributed by atoms with van der Waals surface area (Å²) in [5.74, 6) is 0.580. The minimum atomic E-state index is -0.714. The SMILES string of the molecule is CN(C)/C=N\c1ncnc2c1c1ccccc1n2[C@H]1CC(O)[C@@H](CO)O1. The summed E-state index contributed by atoms with van der Waals surface area (Å²) in [6.45, 7) is -0.220. The standard InChI is InChI=1S/C18H21N5O3/c1-22(2)10-21-17-16-11-5-3-4-6-12(11)23(18(16)20-9-19-17)15-7-13(25)14(8-24)26-15/h3-6,9-10,13-15,24-25H,7-8H2,1-2H3/b21-10-/t13?,14-,15-/m1/s1. The Morgan fingerprint density at radius 3 is 2.88 bits per heavy atom. The summed E-state index contributed by atoms with van der Waals surface area (Å²) in [4.78, 5) is 15.1. The first-order chi connectivity index (χ1) is 12.6. The van der Waals surface area contributed by atoms with Gasteiger partial charge >= 0.3 is 0 Å². The molecule has 2 N–H and O–H groups in total. The predicted molar refractivity (Wildman–Crippen MR) is 98.5 cm³/mol. The third-order valence-electron chi connectivity index (χ3n) is 4.55. The molecule has 3 atom stereocenters. The minimum absolute atomic E-state index is 0.220. The molecule has 3 heterocycles. The molecule has 0 saturated carbocycles. The van der Waals surface area contributed by atoms with Crippen LogP contribution in [-0.2, 0) is 4.74 Å². The largest absolute Gasteiger partial charge is 0.394 e. The molecule has 8 nitrogen and oxygen atoms in total. The monoisotopic (exact) mass is 355 g/mol. The summed E-state index contributed by atoms with van der Waals surface area (Å²) in [7, 11) is 3.79. The van der Waals surface area contributed by atoms with Crippen LogP contribution in [-0.4, -0.2) is 68.9 Å². The molecule has 0 bridgehead atoms. The second-order valence-corrected chi connectivity index (χ2v) is 6.61. The van der Waals surface area contributed by atoms with E-state index < -0.39 is 18.4 Å². The molecule has 136 valence electrons. The van der Waals surface area contributed by atoms with Crippen molar-refractivity contribution in [2.75, 3.05) is 20.7 Å². The number of aliphatic hydroxyl groups excluding tert-OH is 2. The van der Waals surface area contributed by atoms with Crippen molar-refractivity contribution in [1.82, 2.24) is 19.4 Å². The van der Waals surface area contributed by atoms with Gasteiger partial charge in [0.2, 0.25) is 0 Å². The smallest absolute Gasteiger partial charge is 0.166 e. The Labute approximate surface area is 150 Å². The lowest BCUT2D eigenvalue weighted by Gasteiger charge is -2.15. The van der Waals surface area contributed by atoms with Gasteiger partial charge in [-0.25, -0.2) is 15.0 Å². The highest BCUT2D eigenvalue weighted by Crippen LogP contribution is 2.39. The first kappa shape index (κ1) is 16.9. The van der Waals surface area contributed by atoms with E-state index in [0.29, 0.717) is 17.9 Å². The van der Waals surface area contributed by atoms with Gasteiger partial charge in [0, 0.05) is 25.9 Å². The fourth-order valence-electron chi connectivity index (χ4n) is 3.40. The van der Waals surface area contributed by atoms with E-state index >= 15 is 0 Å². The number of aliphatic imine (C=N–C) groups is 1. The first-order valence-corrected chi connectivity index (χ1v) is 8.48. The molecule has 1 aromatic carbocycles. The van der Waals surface area contributed by atoms with Gasteiger partial charge in [0.05, 0.1) is 30.0 Å². The van der Waals surface area contributed by atoms with E-state index in [1.807, 2.05) is 47.8 Å². The van der Waals surface area contributed by atoms with Gasteiger partial charge in [0.1, 0.15) is 24.3 Å². The van der Waals surface area contributed by atoms with Crippen LogP contribution < -0.4 is 0 Å². The molecule has 0 aliphatic carbocycles. The molecule has 26 heavy (non-hydrogen) atoms. The molecule has 8 heteroatoms. The fourth-order valence-corrected chi connectivity index (χ4v) is 3.40. The molecule has 3 aromatic rings. The molecule has 2 aromatic heterocycles. The van der Waals surface area contributed by atoms with Crippen molar-refractivity contribution in [3.8, 4) is 0 Å². The topological polar surface area (TPSA) is 96.0 Å². The Hall–Kier alpha value is -2.55. The van der Waals surface area contributed by atoms with Gasteiger partial charge in [0.25, 0.3) is 0 Å². The molecule has 1 aliphatic rings. The average molecular weight is 355 g/mol. The number of benzene rings is 1. The molecule has 1 unspecified atom stereocenters. The molecule has 0 amide bonds. The molecule has 1 saturated heterocycles. The third-order valence-corrected chi connectivity index (χ3v) is 4.55. The molecular formula is C18H21N5O3. The highest BCUT2D eigenvalue weighted by atomic mass is 16.5. The van der Waals surface area contributed by atoms with Crippen molar-refractivity contribution in [2.45, 2.75) is 24.9 Å². The molecule has 0 radical (unpaired) electrons. The number of ether oxygens (including phenoxy) is 1. The third kappa shape index (κ3) is 2.72. The number of aromatic nitrogens is 3. The van der Waals surface area contributed by atoms with Crippen molar-refractivity contribution in [1.29, 1.82) is 0 Å². The zero-order chi connectivity index (χ0) is 18.3. The van der Waals surface area contributed by atoms with Crippen LogP contribution in [0.5, 0.6) is 0 Å². The van der Waals surface area contributed by atoms with Crippen LogP contribution in [0.1, 0.15) is 12.6 Å². The molecule has 0 spiro atoms. The minimum Gasteiger partial charge on any atom is -0.394 e. The second kappa shape index (κ2) is 6.64. The summed E-state index contributed by atoms with van der Waals surface area (Å²) in [6, 6.07) is 7.89. The molecule has 4 rings (SSSR count). The Balaban J connectivity index is 1.94. The first-order valence-electron chi connectivity index (χ1n) is 8.48. The van der Waals surface area contributed by atoms with Crippen LogP contribution in [0.15, 0.2) is 35.6 Å². The predicted octanol–water partition coefficient (Wildman–Crippen LogP) is 1.45. The maximum Gasteiger partial charge on any atom is 0.166 e. The highest BCUT2D eigenvalue weighted by Gasteiger charge is 2.36. The lowest BCUT2D eigenvalue weighted by Crippen LogP contribution is -2.24. The maximum atomic E-state index is 10.1. The van der Waals surface area contributed by atoms with Crippen LogP contribution in [0.3, 0.4) is 0 Å². The van der Waals surface area contributed by atoms with Gasteiger partial charge in [0.15, 0.2) is 5.82 Å². The number of fused-ring (bicyclic) bond motifs is 3. The lowest BCUT2D eigenvalue weighted by molar-refractivity contribution is -0.0417.